The maximum Gasteiger partial charge on any atom is 0.161 e. The number of ether oxygens (including phenoxy) is 3. The molecule has 1 aromatic heterocycles. The summed E-state index contributed by atoms with van der Waals surface area (Å²) in [5.74, 6) is 3.13. The third kappa shape index (κ3) is 2.92. The largest absolute Gasteiger partial charge is 0.494 e. The zero-order valence-electron chi connectivity index (χ0n) is 15.3. The molecule has 0 bridgehead atoms. The van der Waals surface area contributed by atoms with Crippen molar-refractivity contribution in [2.24, 2.45) is 0 Å². The SMILES string of the molecule is COc1c(Nc2nsc3ccccc23)cccc1-c1ccc2c(c1)OCCO2. The molecule has 0 radical (unpaired) electrons. The van der Waals surface area contributed by atoms with E-state index in [2.05, 4.69) is 21.8 Å². The molecule has 0 saturated carbocycles. The molecule has 1 aliphatic heterocycles. The van der Waals surface area contributed by atoms with Gasteiger partial charge in [0.15, 0.2) is 17.3 Å². The number of hydrogen-bond acceptors (Lipinski definition) is 6. The van der Waals surface area contributed by atoms with Gasteiger partial charge in [0.2, 0.25) is 0 Å². The van der Waals surface area contributed by atoms with Gasteiger partial charge in [-0.2, -0.15) is 4.37 Å². The number of nitrogens with zero attached hydrogens (tertiary/aromatic N) is 1. The van der Waals surface area contributed by atoms with Crippen LogP contribution in [0.4, 0.5) is 11.5 Å². The van der Waals surface area contributed by atoms with E-state index in [9.17, 15) is 0 Å². The Labute approximate surface area is 166 Å². The first-order valence-corrected chi connectivity index (χ1v) is 9.79. The van der Waals surface area contributed by atoms with Gasteiger partial charge in [0.1, 0.15) is 19.0 Å². The first kappa shape index (κ1) is 16.9. The van der Waals surface area contributed by atoms with E-state index in [1.165, 1.54) is 11.5 Å². The van der Waals surface area contributed by atoms with Crippen molar-refractivity contribution in [3.8, 4) is 28.4 Å². The molecule has 0 spiro atoms. The van der Waals surface area contributed by atoms with Gasteiger partial charge in [0, 0.05) is 10.9 Å². The highest BCUT2D eigenvalue weighted by Gasteiger charge is 2.17. The van der Waals surface area contributed by atoms with Crippen LogP contribution in [-0.2, 0) is 0 Å². The monoisotopic (exact) mass is 390 g/mol. The summed E-state index contributed by atoms with van der Waals surface area (Å²) in [6.07, 6.45) is 0. The first-order chi connectivity index (χ1) is 13.8. The van der Waals surface area contributed by atoms with Crippen LogP contribution in [-0.4, -0.2) is 24.7 Å². The van der Waals surface area contributed by atoms with E-state index in [0.717, 1.165) is 50.0 Å². The summed E-state index contributed by atoms with van der Waals surface area (Å²) < 4.78 is 22.8. The van der Waals surface area contributed by atoms with Crippen molar-refractivity contribution in [2.45, 2.75) is 0 Å². The minimum Gasteiger partial charge on any atom is -0.494 e. The fourth-order valence-corrected chi connectivity index (χ4v) is 4.13. The predicted octanol–water partition coefficient (Wildman–Crippen LogP) is 5.49. The van der Waals surface area contributed by atoms with Crippen molar-refractivity contribution >= 4 is 33.1 Å². The maximum absolute atomic E-state index is 5.78. The molecule has 5 nitrogen and oxygen atoms in total. The van der Waals surface area contributed by atoms with Crippen molar-refractivity contribution in [1.29, 1.82) is 0 Å². The molecule has 1 aliphatic rings. The molecule has 0 saturated heterocycles. The molecule has 0 unspecified atom stereocenters. The first-order valence-electron chi connectivity index (χ1n) is 9.02. The fraction of sp³-hybridized carbons (Fsp3) is 0.136. The predicted molar refractivity (Wildman–Crippen MR) is 112 cm³/mol. The van der Waals surface area contributed by atoms with Gasteiger partial charge in [-0.05, 0) is 47.4 Å². The lowest BCUT2D eigenvalue weighted by atomic mass is 10.0. The number of fused-ring (bicyclic) bond motifs is 2. The highest BCUT2D eigenvalue weighted by Crippen LogP contribution is 2.42. The molecule has 5 rings (SSSR count). The summed E-state index contributed by atoms with van der Waals surface area (Å²) in [5.41, 5.74) is 2.85. The van der Waals surface area contributed by atoms with Crippen molar-refractivity contribution in [2.75, 3.05) is 25.6 Å². The number of nitrogens with one attached hydrogen (secondary N) is 1. The third-order valence-electron chi connectivity index (χ3n) is 4.70. The third-order valence-corrected chi connectivity index (χ3v) is 5.53. The van der Waals surface area contributed by atoms with Crippen LogP contribution in [0.1, 0.15) is 0 Å². The molecular weight excluding hydrogens is 372 g/mol. The number of aromatic nitrogens is 1. The van der Waals surface area contributed by atoms with Crippen LogP contribution in [0.5, 0.6) is 17.2 Å². The van der Waals surface area contributed by atoms with Crippen molar-refractivity contribution in [3.63, 3.8) is 0 Å². The minimum atomic E-state index is 0.562. The van der Waals surface area contributed by atoms with E-state index in [1.54, 1.807) is 7.11 Å². The molecule has 6 heteroatoms. The van der Waals surface area contributed by atoms with E-state index in [0.29, 0.717) is 13.2 Å². The highest BCUT2D eigenvalue weighted by molar-refractivity contribution is 7.13. The molecule has 0 amide bonds. The zero-order chi connectivity index (χ0) is 18.9. The van der Waals surface area contributed by atoms with Crippen LogP contribution in [0.2, 0.25) is 0 Å². The standard InChI is InChI=1S/C22H18N2O3S/c1-25-21-15(14-9-10-18-19(13-14)27-12-11-26-18)6-4-7-17(21)23-22-16-5-2-3-8-20(16)28-24-22/h2-10,13H,11-12H2,1H3,(H,23,24). The quantitative estimate of drug-likeness (QED) is 0.500. The molecule has 3 aromatic carbocycles. The van der Waals surface area contributed by atoms with Crippen LogP contribution in [0.15, 0.2) is 60.7 Å². The molecule has 1 N–H and O–H groups in total. The van der Waals surface area contributed by atoms with Crippen LogP contribution in [0.3, 0.4) is 0 Å². The summed E-state index contributed by atoms with van der Waals surface area (Å²) in [6, 6.07) is 20.2. The molecule has 0 atom stereocenters. The minimum absolute atomic E-state index is 0.562. The molecular formula is C22H18N2O3S. The van der Waals surface area contributed by atoms with Crippen molar-refractivity contribution in [3.05, 3.63) is 60.7 Å². The number of rotatable bonds is 4. The average molecular weight is 390 g/mol. The fourth-order valence-electron chi connectivity index (χ4n) is 3.40. The summed E-state index contributed by atoms with van der Waals surface area (Å²) in [5, 5.41) is 4.53. The molecule has 0 fully saturated rings. The van der Waals surface area contributed by atoms with Gasteiger partial charge < -0.3 is 19.5 Å². The van der Waals surface area contributed by atoms with Gasteiger partial charge in [-0.3, -0.25) is 0 Å². The zero-order valence-corrected chi connectivity index (χ0v) is 16.1. The number of benzene rings is 3. The summed E-state index contributed by atoms with van der Waals surface area (Å²) in [6.45, 7) is 1.14. The summed E-state index contributed by atoms with van der Waals surface area (Å²) >= 11 is 1.48. The van der Waals surface area contributed by atoms with Gasteiger partial charge in [-0.15, -0.1) is 0 Å². The lowest BCUT2D eigenvalue weighted by Crippen LogP contribution is -2.15. The maximum atomic E-state index is 5.78. The smallest absolute Gasteiger partial charge is 0.161 e. The lowest BCUT2D eigenvalue weighted by molar-refractivity contribution is 0.171. The molecule has 28 heavy (non-hydrogen) atoms. The molecule has 0 aliphatic carbocycles. The van der Waals surface area contributed by atoms with Gasteiger partial charge in [-0.1, -0.05) is 30.3 Å². The van der Waals surface area contributed by atoms with Gasteiger partial charge in [-0.25, -0.2) is 0 Å². The van der Waals surface area contributed by atoms with Gasteiger partial charge in [0.25, 0.3) is 0 Å². The Hall–Kier alpha value is -3.25. The van der Waals surface area contributed by atoms with Gasteiger partial charge >= 0.3 is 0 Å². The van der Waals surface area contributed by atoms with Crippen LogP contribution < -0.4 is 19.5 Å². The Morgan fingerprint density at radius 2 is 1.82 bits per heavy atom. The van der Waals surface area contributed by atoms with Crippen molar-refractivity contribution in [1.82, 2.24) is 4.37 Å². The van der Waals surface area contributed by atoms with Crippen molar-refractivity contribution < 1.29 is 14.2 Å². The Bertz CT molecular complexity index is 1160. The average Bonchev–Trinajstić information content (AvgIpc) is 3.16. The molecule has 4 aromatic rings. The van der Waals surface area contributed by atoms with E-state index in [1.807, 2.05) is 48.5 Å². The summed E-state index contributed by atoms with van der Waals surface area (Å²) in [7, 11) is 1.68. The van der Waals surface area contributed by atoms with Crippen LogP contribution in [0.25, 0.3) is 21.2 Å². The Balaban J connectivity index is 1.56. The van der Waals surface area contributed by atoms with E-state index in [-0.39, 0.29) is 0 Å². The second-order valence-electron chi connectivity index (χ2n) is 6.40. The summed E-state index contributed by atoms with van der Waals surface area (Å²) in [4.78, 5) is 0. The number of anilines is 2. The molecule has 2 heterocycles. The van der Waals surface area contributed by atoms with E-state index >= 15 is 0 Å². The Kier molecular flexibility index (Phi) is 4.25. The van der Waals surface area contributed by atoms with E-state index < -0.39 is 0 Å². The Morgan fingerprint density at radius 3 is 2.71 bits per heavy atom. The number of hydrogen-bond donors (Lipinski definition) is 1. The highest BCUT2D eigenvalue weighted by atomic mass is 32.1. The van der Waals surface area contributed by atoms with Crippen LogP contribution in [0, 0.1) is 0 Å². The Morgan fingerprint density at radius 1 is 0.964 bits per heavy atom. The lowest BCUT2D eigenvalue weighted by Gasteiger charge is -2.20. The van der Waals surface area contributed by atoms with Gasteiger partial charge in [0.05, 0.1) is 17.5 Å². The second kappa shape index (κ2) is 7.05. The number of methoxy groups -OCH3 is 1. The second-order valence-corrected chi connectivity index (χ2v) is 7.20. The molecule has 140 valence electrons. The van der Waals surface area contributed by atoms with E-state index in [4.69, 9.17) is 14.2 Å². The topological polar surface area (TPSA) is 52.6 Å². The number of para-hydroxylation sites is 1. The van der Waals surface area contributed by atoms with Crippen LogP contribution >= 0.6 is 11.5 Å². The normalized spacial score (nSPS) is 12.8.